The standard InChI is InChI=1S/C16H22N2O4/c1-3-21-14-6-4-5-13(9-14)16(20)18-7-8-22-15(11-18)10-17-12(2)19/h4-6,9,15H,3,7-8,10-11H2,1-2H3,(H,17,19). The summed E-state index contributed by atoms with van der Waals surface area (Å²) in [4.78, 5) is 25.3. The van der Waals surface area contributed by atoms with Crippen molar-refractivity contribution in [2.45, 2.75) is 20.0 Å². The molecule has 1 unspecified atom stereocenters. The van der Waals surface area contributed by atoms with Gasteiger partial charge in [0.05, 0.1) is 19.3 Å². The van der Waals surface area contributed by atoms with Gasteiger partial charge in [0.25, 0.3) is 5.91 Å². The number of hydrogen-bond donors (Lipinski definition) is 1. The van der Waals surface area contributed by atoms with E-state index >= 15 is 0 Å². The van der Waals surface area contributed by atoms with Crippen LogP contribution in [0.2, 0.25) is 0 Å². The fraction of sp³-hybridized carbons (Fsp3) is 0.500. The minimum atomic E-state index is -0.170. The molecule has 2 rings (SSSR count). The molecule has 120 valence electrons. The van der Waals surface area contributed by atoms with E-state index in [2.05, 4.69) is 5.32 Å². The van der Waals surface area contributed by atoms with E-state index in [0.717, 1.165) is 0 Å². The van der Waals surface area contributed by atoms with E-state index in [1.807, 2.05) is 19.1 Å². The van der Waals surface area contributed by atoms with E-state index in [1.165, 1.54) is 6.92 Å². The third-order valence-electron chi connectivity index (χ3n) is 3.40. The molecular formula is C16H22N2O4. The van der Waals surface area contributed by atoms with Gasteiger partial charge in [0.15, 0.2) is 0 Å². The summed E-state index contributed by atoms with van der Waals surface area (Å²) >= 11 is 0. The highest BCUT2D eigenvalue weighted by Gasteiger charge is 2.25. The van der Waals surface area contributed by atoms with Crippen LogP contribution in [0.4, 0.5) is 0 Å². The molecule has 1 aromatic carbocycles. The van der Waals surface area contributed by atoms with Gasteiger partial charge >= 0.3 is 0 Å². The zero-order valence-corrected chi connectivity index (χ0v) is 13.0. The van der Waals surface area contributed by atoms with Crippen LogP contribution in [-0.4, -0.2) is 55.7 Å². The summed E-state index contributed by atoms with van der Waals surface area (Å²) in [7, 11) is 0. The van der Waals surface area contributed by atoms with Gasteiger partial charge in [0, 0.05) is 32.1 Å². The predicted molar refractivity (Wildman–Crippen MR) is 81.9 cm³/mol. The second kappa shape index (κ2) is 7.79. The van der Waals surface area contributed by atoms with Crippen LogP contribution >= 0.6 is 0 Å². The number of nitrogens with zero attached hydrogens (tertiary/aromatic N) is 1. The maximum atomic E-state index is 12.6. The Hall–Kier alpha value is -2.08. The summed E-state index contributed by atoms with van der Waals surface area (Å²) in [6.45, 7) is 5.84. The lowest BCUT2D eigenvalue weighted by molar-refractivity contribution is -0.120. The number of carbonyl (C=O) groups is 2. The Morgan fingerprint density at radius 2 is 2.27 bits per heavy atom. The normalized spacial score (nSPS) is 17.9. The minimum Gasteiger partial charge on any atom is -0.494 e. The molecule has 1 heterocycles. The van der Waals surface area contributed by atoms with Crippen LogP contribution < -0.4 is 10.1 Å². The molecule has 0 spiro atoms. The molecule has 1 fully saturated rings. The van der Waals surface area contributed by atoms with Crippen molar-refractivity contribution in [2.75, 3.05) is 32.8 Å². The van der Waals surface area contributed by atoms with Crippen molar-refractivity contribution in [1.29, 1.82) is 0 Å². The third kappa shape index (κ3) is 4.46. The Kier molecular flexibility index (Phi) is 5.77. The highest BCUT2D eigenvalue weighted by molar-refractivity contribution is 5.94. The monoisotopic (exact) mass is 306 g/mol. The summed E-state index contributed by atoms with van der Waals surface area (Å²) in [5.74, 6) is 0.547. The van der Waals surface area contributed by atoms with Gasteiger partial charge in [-0.2, -0.15) is 0 Å². The molecule has 6 nitrogen and oxygen atoms in total. The largest absolute Gasteiger partial charge is 0.494 e. The van der Waals surface area contributed by atoms with Gasteiger partial charge in [0.1, 0.15) is 5.75 Å². The number of ether oxygens (including phenoxy) is 2. The molecule has 1 aliphatic heterocycles. The predicted octanol–water partition coefficient (Wildman–Crippen LogP) is 1.06. The second-order valence-electron chi connectivity index (χ2n) is 5.14. The smallest absolute Gasteiger partial charge is 0.254 e. The molecule has 1 N–H and O–H groups in total. The molecule has 0 bridgehead atoms. The van der Waals surface area contributed by atoms with E-state index in [-0.39, 0.29) is 17.9 Å². The van der Waals surface area contributed by atoms with E-state index < -0.39 is 0 Å². The summed E-state index contributed by atoms with van der Waals surface area (Å²) in [6.07, 6.45) is -0.170. The number of amides is 2. The van der Waals surface area contributed by atoms with Crippen LogP contribution in [0.25, 0.3) is 0 Å². The SMILES string of the molecule is CCOc1cccc(C(=O)N2CCOC(CNC(C)=O)C2)c1. The first-order valence-electron chi connectivity index (χ1n) is 7.48. The summed E-state index contributed by atoms with van der Waals surface area (Å²) in [6, 6.07) is 7.18. The highest BCUT2D eigenvalue weighted by Crippen LogP contribution is 2.16. The van der Waals surface area contributed by atoms with Gasteiger partial charge in [-0.1, -0.05) is 6.07 Å². The topological polar surface area (TPSA) is 67.9 Å². The average Bonchev–Trinajstić information content (AvgIpc) is 2.53. The Morgan fingerprint density at radius 3 is 3.00 bits per heavy atom. The quantitative estimate of drug-likeness (QED) is 0.883. The number of carbonyl (C=O) groups excluding carboxylic acids is 2. The Morgan fingerprint density at radius 1 is 1.45 bits per heavy atom. The zero-order chi connectivity index (χ0) is 15.9. The van der Waals surface area contributed by atoms with Crippen LogP contribution in [0, 0.1) is 0 Å². The van der Waals surface area contributed by atoms with E-state index in [9.17, 15) is 9.59 Å². The van der Waals surface area contributed by atoms with Gasteiger partial charge < -0.3 is 19.7 Å². The lowest BCUT2D eigenvalue weighted by Gasteiger charge is -2.33. The van der Waals surface area contributed by atoms with Crippen LogP contribution in [0.1, 0.15) is 24.2 Å². The van der Waals surface area contributed by atoms with E-state index in [4.69, 9.17) is 9.47 Å². The minimum absolute atomic E-state index is 0.0438. The molecule has 0 aromatic heterocycles. The van der Waals surface area contributed by atoms with E-state index in [0.29, 0.717) is 44.2 Å². The third-order valence-corrected chi connectivity index (χ3v) is 3.40. The van der Waals surface area contributed by atoms with Crippen molar-refractivity contribution in [3.05, 3.63) is 29.8 Å². The van der Waals surface area contributed by atoms with Crippen LogP contribution in [-0.2, 0) is 9.53 Å². The number of rotatable bonds is 5. The molecular weight excluding hydrogens is 284 g/mol. The molecule has 0 aliphatic carbocycles. The van der Waals surface area contributed by atoms with Gasteiger partial charge in [-0.15, -0.1) is 0 Å². The number of benzene rings is 1. The molecule has 1 aliphatic rings. The first kappa shape index (κ1) is 16.3. The molecule has 0 saturated carbocycles. The van der Waals surface area contributed by atoms with E-state index in [1.54, 1.807) is 17.0 Å². The number of morpholine rings is 1. The van der Waals surface area contributed by atoms with Gasteiger partial charge in [-0.25, -0.2) is 0 Å². The van der Waals surface area contributed by atoms with Gasteiger partial charge in [0.2, 0.25) is 5.91 Å². The van der Waals surface area contributed by atoms with Gasteiger partial charge in [-0.3, -0.25) is 9.59 Å². The lowest BCUT2D eigenvalue weighted by atomic mass is 10.1. The lowest BCUT2D eigenvalue weighted by Crippen LogP contribution is -2.49. The van der Waals surface area contributed by atoms with Crippen molar-refractivity contribution in [1.82, 2.24) is 10.2 Å². The number of nitrogens with one attached hydrogen (secondary N) is 1. The van der Waals surface area contributed by atoms with Crippen LogP contribution in [0.3, 0.4) is 0 Å². The summed E-state index contributed by atoms with van der Waals surface area (Å²) < 4.78 is 11.0. The van der Waals surface area contributed by atoms with Crippen molar-refractivity contribution in [3.8, 4) is 5.75 Å². The fourth-order valence-electron chi connectivity index (χ4n) is 2.35. The average molecular weight is 306 g/mol. The molecule has 1 atom stereocenters. The Labute approximate surface area is 130 Å². The second-order valence-corrected chi connectivity index (χ2v) is 5.14. The fourth-order valence-corrected chi connectivity index (χ4v) is 2.35. The van der Waals surface area contributed by atoms with Crippen molar-refractivity contribution in [2.24, 2.45) is 0 Å². The first-order chi connectivity index (χ1) is 10.6. The highest BCUT2D eigenvalue weighted by atomic mass is 16.5. The molecule has 0 radical (unpaired) electrons. The molecule has 6 heteroatoms. The van der Waals surface area contributed by atoms with Crippen molar-refractivity contribution < 1.29 is 19.1 Å². The number of hydrogen-bond acceptors (Lipinski definition) is 4. The summed E-state index contributed by atoms with van der Waals surface area (Å²) in [5.41, 5.74) is 0.603. The Balaban J connectivity index is 1.99. The molecule has 22 heavy (non-hydrogen) atoms. The summed E-state index contributed by atoms with van der Waals surface area (Å²) in [5, 5.41) is 2.72. The van der Waals surface area contributed by atoms with Crippen LogP contribution in [0.5, 0.6) is 5.75 Å². The zero-order valence-electron chi connectivity index (χ0n) is 13.0. The van der Waals surface area contributed by atoms with Crippen LogP contribution in [0.15, 0.2) is 24.3 Å². The Bertz CT molecular complexity index is 533. The van der Waals surface area contributed by atoms with Crippen molar-refractivity contribution >= 4 is 11.8 Å². The maximum absolute atomic E-state index is 12.6. The van der Waals surface area contributed by atoms with Crippen molar-refractivity contribution in [3.63, 3.8) is 0 Å². The maximum Gasteiger partial charge on any atom is 0.254 e. The first-order valence-corrected chi connectivity index (χ1v) is 7.48. The van der Waals surface area contributed by atoms with Gasteiger partial charge in [-0.05, 0) is 25.1 Å². The molecule has 2 amide bonds. The molecule has 1 aromatic rings. The molecule has 1 saturated heterocycles.